The van der Waals surface area contributed by atoms with Gasteiger partial charge < -0.3 is 14.2 Å². The zero-order valence-electron chi connectivity index (χ0n) is 14.9. The first-order chi connectivity index (χ1) is 14.0. The Balaban J connectivity index is 1.79. The number of hydrogen-bond acceptors (Lipinski definition) is 6. The van der Waals surface area contributed by atoms with Crippen LogP contribution in [0.25, 0.3) is 10.8 Å². The second-order valence-electron chi connectivity index (χ2n) is 6.34. The number of aromatic nitrogens is 3. The Morgan fingerprint density at radius 2 is 1.93 bits per heavy atom. The van der Waals surface area contributed by atoms with Crippen LogP contribution in [0.2, 0.25) is 10.0 Å². The molecule has 0 aliphatic carbocycles. The molecule has 1 aliphatic heterocycles. The van der Waals surface area contributed by atoms with Crippen LogP contribution in [0.15, 0.2) is 30.7 Å². The third-order valence-corrected chi connectivity index (χ3v) is 5.14. The van der Waals surface area contributed by atoms with Gasteiger partial charge in [-0.3, -0.25) is 4.98 Å². The van der Waals surface area contributed by atoms with Crippen LogP contribution in [0.5, 0.6) is 11.5 Å². The van der Waals surface area contributed by atoms with Crippen molar-refractivity contribution in [3.63, 3.8) is 0 Å². The Bertz CT molecular complexity index is 1010. The molecule has 152 valence electrons. The smallest absolute Gasteiger partial charge is 0.387 e. The van der Waals surface area contributed by atoms with E-state index in [4.69, 9.17) is 32.7 Å². The quantitative estimate of drug-likeness (QED) is 0.533. The first-order valence-corrected chi connectivity index (χ1v) is 9.56. The molecular weight excluding hydrogens is 427 g/mol. The zero-order chi connectivity index (χ0) is 20.4. The lowest BCUT2D eigenvalue weighted by Crippen LogP contribution is -2.16. The normalized spacial score (nSPS) is 16.5. The summed E-state index contributed by atoms with van der Waals surface area (Å²) in [6.07, 6.45) is 5.63. The minimum absolute atomic E-state index is 0.0954. The molecule has 1 aromatic carbocycles. The summed E-state index contributed by atoms with van der Waals surface area (Å²) in [5.74, 6) is 0.0414. The topological polar surface area (TPSA) is 66.4 Å². The maximum atomic E-state index is 12.9. The highest BCUT2D eigenvalue weighted by Crippen LogP contribution is 2.39. The van der Waals surface area contributed by atoms with Crippen molar-refractivity contribution in [1.29, 1.82) is 0 Å². The third kappa shape index (κ3) is 4.34. The summed E-state index contributed by atoms with van der Waals surface area (Å²) in [4.78, 5) is 3.94. The van der Waals surface area contributed by atoms with Gasteiger partial charge in [0.15, 0.2) is 17.8 Å². The Hall–Kier alpha value is -2.29. The molecule has 4 rings (SSSR count). The van der Waals surface area contributed by atoms with Crippen molar-refractivity contribution in [3.05, 3.63) is 52.0 Å². The Kier molecular flexibility index (Phi) is 5.94. The third-order valence-electron chi connectivity index (χ3n) is 4.49. The average Bonchev–Trinajstić information content (AvgIpc) is 3.19. The van der Waals surface area contributed by atoms with Crippen LogP contribution in [0.4, 0.5) is 8.78 Å². The summed E-state index contributed by atoms with van der Waals surface area (Å²) in [6, 6.07) is 3.04. The van der Waals surface area contributed by atoms with Crippen LogP contribution >= 0.6 is 23.2 Å². The minimum Gasteiger partial charge on any atom is -0.460 e. The molecule has 1 saturated heterocycles. The van der Waals surface area contributed by atoms with Crippen molar-refractivity contribution in [1.82, 2.24) is 15.2 Å². The molecule has 1 atom stereocenters. The molecule has 29 heavy (non-hydrogen) atoms. The average molecular weight is 442 g/mol. The molecule has 0 bridgehead atoms. The van der Waals surface area contributed by atoms with E-state index in [2.05, 4.69) is 19.9 Å². The summed E-state index contributed by atoms with van der Waals surface area (Å²) >= 11 is 12.4. The molecule has 0 N–H and O–H groups in total. The lowest BCUT2D eigenvalue weighted by molar-refractivity contribution is -0.0626. The van der Waals surface area contributed by atoms with Crippen LogP contribution in [0.3, 0.4) is 0 Å². The maximum absolute atomic E-state index is 12.9. The monoisotopic (exact) mass is 441 g/mol. The largest absolute Gasteiger partial charge is 0.460 e. The van der Waals surface area contributed by atoms with E-state index >= 15 is 0 Å². The van der Waals surface area contributed by atoms with E-state index in [1.807, 2.05) is 0 Å². The zero-order valence-corrected chi connectivity index (χ0v) is 16.5. The van der Waals surface area contributed by atoms with E-state index in [0.717, 1.165) is 6.42 Å². The maximum Gasteiger partial charge on any atom is 0.387 e. The van der Waals surface area contributed by atoms with Gasteiger partial charge in [-0.1, -0.05) is 23.2 Å². The van der Waals surface area contributed by atoms with Gasteiger partial charge in [-0.2, -0.15) is 19.0 Å². The van der Waals surface area contributed by atoms with Gasteiger partial charge in [-0.25, -0.2) is 0 Å². The molecule has 0 spiro atoms. The molecule has 0 saturated carbocycles. The van der Waals surface area contributed by atoms with Gasteiger partial charge in [-0.05, 0) is 24.1 Å². The van der Waals surface area contributed by atoms with Gasteiger partial charge in [-0.15, -0.1) is 0 Å². The second kappa shape index (κ2) is 8.61. The summed E-state index contributed by atoms with van der Waals surface area (Å²) in [7, 11) is 0. The number of alkyl halides is 2. The number of halogens is 4. The molecule has 10 heteroatoms. The number of benzene rings is 1. The minimum atomic E-state index is -3.00. The van der Waals surface area contributed by atoms with E-state index < -0.39 is 12.9 Å². The summed E-state index contributed by atoms with van der Waals surface area (Å²) in [5.41, 5.74) is 1.19. The number of nitrogens with zero attached hydrogens (tertiary/aromatic N) is 3. The summed E-state index contributed by atoms with van der Waals surface area (Å²) < 4.78 is 41.8. The van der Waals surface area contributed by atoms with Crippen molar-refractivity contribution < 1.29 is 23.0 Å². The van der Waals surface area contributed by atoms with Crippen LogP contribution in [0.1, 0.15) is 24.1 Å². The highest BCUT2D eigenvalue weighted by molar-refractivity contribution is 6.35. The lowest BCUT2D eigenvalue weighted by atomic mass is 10.0. The number of pyridine rings is 1. The summed E-state index contributed by atoms with van der Waals surface area (Å²) in [5, 5.41) is 10.1. The Morgan fingerprint density at radius 3 is 2.62 bits per heavy atom. The van der Waals surface area contributed by atoms with Gasteiger partial charge >= 0.3 is 6.61 Å². The van der Waals surface area contributed by atoms with Crippen molar-refractivity contribution in [2.24, 2.45) is 0 Å². The molecule has 1 aliphatic rings. The van der Waals surface area contributed by atoms with Gasteiger partial charge in [0.1, 0.15) is 0 Å². The molecule has 1 unspecified atom stereocenters. The molecular formula is C19H15Cl2F2N3O3. The highest BCUT2D eigenvalue weighted by Gasteiger charge is 2.23. The summed E-state index contributed by atoms with van der Waals surface area (Å²) in [6.45, 7) is -2.45. The molecule has 6 nitrogen and oxygen atoms in total. The number of hydrogen-bond donors (Lipinski definition) is 0. The van der Waals surface area contributed by atoms with Crippen LogP contribution in [0, 0.1) is 0 Å². The first-order valence-electron chi connectivity index (χ1n) is 8.81. The molecule has 1 fully saturated rings. The van der Waals surface area contributed by atoms with E-state index in [-0.39, 0.29) is 17.9 Å². The van der Waals surface area contributed by atoms with E-state index in [1.165, 1.54) is 24.7 Å². The van der Waals surface area contributed by atoms with Crippen molar-refractivity contribution in [2.75, 3.05) is 6.61 Å². The molecule has 0 radical (unpaired) electrons. The Labute approximate surface area is 174 Å². The van der Waals surface area contributed by atoms with Crippen LogP contribution in [-0.2, 0) is 11.2 Å². The van der Waals surface area contributed by atoms with E-state index in [9.17, 15) is 8.78 Å². The van der Waals surface area contributed by atoms with Gasteiger partial charge in [0.2, 0.25) is 0 Å². The first kappa shape index (κ1) is 20.0. The fourth-order valence-electron chi connectivity index (χ4n) is 3.16. The molecule has 3 heterocycles. The number of ether oxygens (including phenoxy) is 3. The van der Waals surface area contributed by atoms with Crippen molar-refractivity contribution >= 4 is 34.0 Å². The second-order valence-corrected chi connectivity index (χ2v) is 7.16. The SMILES string of the molecule is FC(F)Oc1ccc2c(Cc3c(Cl)cncc3Cl)nncc2c1OC1CCCO1. The van der Waals surface area contributed by atoms with Crippen LogP contribution < -0.4 is 9.47 Å². The highest BCUT2D eigenvalue weighted by atomic mass is 35.5. The van der Waals surface area contributed by atoms with Gasteiger partial charge in [0, 0.05) is 36.0 Å². The molecule has 2 aromatic heterocycles. The van der Waals surface area contributed by atoms with E-state index in [0.29, 0.717) is 45.1 Å². The fraction of sp³-hybridized carbons (Fsp3) is 0.316. The standard InChI is InChI=1S/C19H15Cl2F2N3O3/c20-13-8-24-9-14(21)11(13)6-15-10-3-4-16(28-19(22)23)18(12(10)7-25-26-15)29-17-2-1-5-27-17/h3-4,7-9,17,19H,1-2,5-6H2. The van der Waals surface area contributed by atoms with E-state index in [1.54, 1.807) is 6.07 Å². The molecule has 3 aromatic rings. The van der Waals surface area contributed by atoms with Crippen LogP contribution in [-0.4, -0.2) is 34.7 Å². The predicted octanol–water partition coefficient (Wildman–Crippen LogP) is 5.04. The van der Waals surface area contributed by atoms with Crippen molar-refractivity contribution in [2.45, 2.75) is 32.2 Å². The lowest BCUT2D eigenvalue weighted by Gasteiger charge is -2.18. The van der Waals surface area contributed by atoms with Gasteiger partial charge in [0.05, 0.1) is 28.5 Å². The van der Waals surface area contributed by atoms with Crippen molar-refractivity contribution in [3.8, 4) is 11.5 Å². The predicted molar refractivity (Wildman–Crippen MR) is 103 cm³/mol. The fourth-order valence-corrected chi connectivity index (χ4v) is 3.66. The number of rotatable bonds is 6. The molecule has 0 amide bonds. The Morgan fingerprint density at radius 1 is 1.14 bits per heavy atom. The number of fused-ring (bicyclic) bond motifs is 1. The van der Waals surface area contributed by atoms with Gasteiger partial charge in [0.25, 0.3) is 0 Å².